The Morgan fingerprint density at radius 3 is 2.30 bits per heavy atom. The number of hydrogen-bond acceptors (Lipinski definition) is 4. The van der Waals surface area contributed by atoms with Gasteiger partial charge in [-0.25, -0.2) is 8.42 Å². The van der Waals surface area contributed by atoms with Crippen LogP contribution in [0, 0.1) is 16.7 Å². The topological polar surface area (TPSA) is 75.0 Å². The number of carbonyl (C=O) groups is 1. The highest BCUT2D eigenvalue weighted by Gasteiger charge is 2.72. The molecule has 5 heteroatoms. The van der Waals surface area contributed by atoms with Crippen LogP contribution in [0.1, 0.15) is 30.9 Å². The van der Waals surface area contributed by atoms with Crippen molar-refractivity contribution in [1.82, 2.24) is 0 Å². The van der Waals surface area contributed by atoms with Gasteiger partial charge in [0.15, 0.2) is 9.84 Å². The average molecular weight is 291 g/mol. The standard InChI is InChI=1S/C15H17NO3S/c1-3-11-5-7-12(8-6-11)13-14(20(18,19)4-2)15(13,9-16)10-17/h5-8,10,13-14H,3-4H2,1-2H3/t13-,14+,15-/m0/s1. The Labute approximate surface area is 119 Å². The van der Waals surface area contributed by atoms with Crippen LogP contribution in [0.25, 0.3) is 0 Å². The molecule has 106 valence electrons. The number of nitrogens with zero attached hydrogens (tertiary/aromatic N) is 1. The molecular formula is C15H17NO3S. The van der Waals surface area contributed by atoms with E-state index in [9.17, 15) is 18.5 Å². The Hall–Kier alpha value is -1.67. The molecule has 0 amide bonds. The van der Waals surface area contributed by atoms with Gasteiger partial charge in [-0.1, -0.05) is 38.1 Å². The lowest BCUT2D eigenvalue weighted by Crippen LogP contribution is -2.17. The van der Waals surface area contributed by atoms with Crippen molar-refractivity contribution in [3.8, 4) is 6.07 Å². The fourth-order valence-corrected chi connectivity index (χ4v) is 4.70. The smallest absolute Gasteiger partial charge is 0.155 e. The molecule has 1 saturated carbocycles. The van der Waals surface area contributed by atoms with E-state index in [1.807, 2.05) is 37.3 Å². The highest BCUT2D eigenvalue weighted by atomic mass is 32.2. The summed E-state index contributed by atoms with van der Waals surface area (Å²) in [5.74, 6) is -0.598. The maximum atomic E-state index is 12.1. The van der Waals surface area contributed by atoms with Gasteiger partial charge in [-0.3, -0.25) is 0 Å². The second-order valence-corrected chi connectivity index (χ2v) is 7.52. The van der Waals surface area contributed by atoms with Crippen LogP contribution in [0.3, 0.4) is 0 Å². The molecule has 4 nitrogen and oxygen atoms in total. The van der Waals surface area contributed by atoms with Crippen LogP contribution in [0.15, 0.2) is 24.3 Å². The molecule has 2 rings (SSSR count). The Morgan fingerprint density at radius 2 is 1.90 bits per heavy atom. The van der Waals surface area contributed by atoms with Gasteiger partial charge in [0.05, 0.1) is 11.3 Å². The van der Waals surface area contributed by atoms with Crippen LogP contribution in [0.4, 0.5) is 0 Å². The van der Waals surface area contributed by atoms with Crippen LogP contribution in [0.5, 0.6) is 0 Å². The second kappa shape index (κ2) is 5.02. The van der Waals surface area contributed by atoms with Gasteiger partial charge in [0, 0.05) is 11.7 Å². The fourth-order valence-electron chi connectivity index (χ4n) is 2.77. The largest absolute Gasteiger partial charge is 0.302 e. The summed E-state index contributed by atoms with van der Waals surface area (Å²) >= 11 is 0. The minimum Gasteiger partial charge on any atom is -0.302 e. The number of benzene rings is 1. The Morgan fingerprint density at radius 1 is 1.30 bits per heavy atom. The van der Waals surface area contributed by atoms with E-state index in [0.717, 1.165) is 17.5 Å². The van der Waals surface area contributed by atoms with Crippen LogP contribution >= 0.6 is 0 Å². The van der Waals surface area contributed by atoms with E-state index in [1.165, 1.54) is 6.92 Å². The second-order valence-electron chi connectivity index (χ2n) is 5.11. The van der Waals surface area contributed by atoms with Crippen molar-refractivity contribution in [3.05, 3.63) is 35.4 Å². The SMILES string of the molecule is CCc1ccc([C@H]2[C@@H](S(=O)(=O)CC)[C@@]2(C#N)C=O)cc1. The summed E-state index contributed by atoms with van der Waals surface area (Å²) in [5, 5.41) is 8.37. The molecule has 0 aliphatic heterocycles. The quantitative estimate of drug-likeness (QED) is 0.776. The molecule has 20 heavy (non-hydrogen) atoms. The van der Waals surface area contributed by atoms with E-state index >= 15 is 0 Å². The summed E-state index contributed by atoms with van der Waals surface area (Å²) in [6.45, 7) is 3.57. The number of carbonyl (C=O) groups excluding carboxylic acids is 1. The van der Waals surface area contributed by atoms with Gasteiger partial charge >= 0.3 is 0 Å². The molecule has 0 aromatic heterocycles. The van der Waals surface area contributed by atoms with Gasteiger partial charge in [-0.2, -0.15) is 5.26 Å². The molecule has 0 heterocycles. The molecule has 1 aliphatic rings. The van der Waals surface area contributed by atoms with E-state index in [4.69, 9.17) is 0 Å². The predicted octanol–water partition coefficient (Wildman–Crippen LogP) is 1.86. The number of aldehydes is 1. The average Bonchev–Trinajstić information content (AvgIpc) is 3.18. The zero-order chi connectivity index (χ0) is 15.0. The molecule has 0 radical (unpaired) electrons. The Bertz CT molecular complexity index is 657. The van der Waals surface area contributed by atoms with E-state index in [1.54, 1.807) is 0 Å². The van der Waals surface area contributed by atoms with Gasteiger partial charge in [0.1, 0.15) is 11.7 Å². The van der Waals surface area contributed by atoms with Crippen molar-refractivity contribution >= 4 is 16.1 Å². The first-order valence-electron chi connectivity index (χ1n) is 6.64. The number of sulfone groups is 1. The first-order chi connectivity index (χ1) is 9.46. The monoisotopic (exact) mass is 291 g/mol. The van der Waals surface area contributed by atoms with E-state index in [2.05, 4.69) is 0 Å². The minimum absolute atomic E-state index is 0.0571. The third-order valence-corrected chi connectivity index (χ3v) is 6.34. The number of rotatable bonds is 5. The van der Waals surface area contributed by atoms with Gasteiger partial charge < -0.3 is 4.79 Å². The predicted molar refractivity (Wildman–Crippen MR) is 75.9 cm³/mol. The molecule has 1 fully saturated rings. The van der Waals surface area contributed by atoms with Crippen molar-refractivity contribution in [3.63, 3.8) is 0 Å². The summed E-state index contributed by atoms with van der Waals surface area (Å²) in [6.07, 6.45) is 1.39. The summed E-state index contributed by atoms with van der Waals surface area (Å²) in [6, 6.07) is 9.40. The number of aryl methyl sites for hydroxylation is 1. The fraction of sp³-hybridized carbons (Fsp3) is 0.467. The molecule has 0 spiro atoms. The van der Waals surface area contributed by atoms with Gasteiger partial charge in [0.25, 0.3) is 0 Å². The molecule has 0 bridgehead atoms. The summed E-state index contributed by atoms with van der Waals surface area (Å²) < 4.78 is 24.2. The number of hydrogen-bond donors (Lipinski definition) is 0. The van der Waals surface area contributed by atoms with Gasteiger partial charge in [-0.15, -0.1) is 0 Å². The maximum Gasteiger partial charge on any atom is 0.155 e. The lowest BCUT2D eigenvalue weighted by Gasteiger charge is -2.02. The molecular weight excluding hydrogens is 274 g/mol. The van der Waals surface area contributed by atoms with Crippen LogP contribution in [-0.4, -0.2) is 25.7 Å². The summed E-state index contributed by atoms with van der Waals surface area (Å²) in [5.41, 5.74) is 0.471. The zero-order valence-electron chi connectivity index (χ0n) is 11.5. The normalized spacial score (nSPS) is 28.6. The highest BCUT2D eigenvalue weighted by Crippen LogP contribution is 2.61. The van der Waals surface area contributed by atoms with E-state index < -0.39 is 26.4 Å². The van der Waals surface area contributed by atoms with Gasteiger partial charge in [-0.05, 0) is 17.5 Å². The van der Waals surface area contributed by atoms with Crippen molar-refractivity contribution in [2.24, 2.45) is 5.41 Å². The summed E-state index contributed by atoms with van der Waals surface area (Å²) in [4.78, 5) is 11.3. The lowest BCUT2D eigenvalue weighted by atomic mass is 10.0. The van der Waals surface area contributed by atoms with E-state index in [0.29, 0.717) is 6.29 Å². The van der Waals surface area contributed by atoms with Gasteiger partial charge in [0.2, 0.25) is 0 Å². The third-order valence-electron chi connectivity index (χ3n) is 4.10. The first kappa shape index (κ1) is 14.7. The first-order valence-corrected chi connectivity index (χ1v) is 8.36. The van der Waals surface area contributed by atoms with Crippen LogP contribution in [-0.2, 0) is 21.1 Å². The lowest BCUT2D eigenvalue weighted by molar-refractivity contribution is -0.110. The Kier molecular flexibility index (Phi) is 3.70. The molecule has 3 atom stereocenters. The maximum absolute atomic E-state index is 12.1. The van der Waals surface area contributed by atoms with Crippen LogP contribution < -0.4 is 0 Å². The minimum atomic E-state index is -3.42. The number of nitriles is 1. The molecule has 0 saturated heterocycles. The van der Waals surface area contributed by atoms with Crippen LogP contribution in [0.2, 0.25) is 0 Å². The van der Waals surface area contributed by atoms with Crippen molar-refractivity contribution in [2.75, 3.05) is 5.75 Å². The molecule has 1 aromatic carbocycles. The zero-order valence-corrected chi connectivity index (χ0v) is 12.4. The molecule has 0 N–H and O–H groups in total. The van der Waals surface area contributed by atoms with Crippen molar-refractivity contribution in [2.45, 2.75) is 31.4 Å². The summed E-state index contributed by atoms with van der Waals surface area (Å²) in [7, 11) is -3.42. The van der Waals surface area contributed by atoms with Crippen molar-refractivity contribution in [1.29, 1.82) is 5.26 Å². The highest BCUT2D eigenvalue weighted by molar-refractivity contribution is 7.92. The van der Waals surface area contributed by atoms with Crippen molar-refractivity contribution < 1.29 is 13.2 Å². The molecule has 0 unspecified atom stereocenters. The molecule has 1 aliphatic carbocycles. The van der Waals surface area contributed by atoms with E-state index in [-0.39, 0.29) is 5.75 Å². The third kappa shape index (κ3) is 2.04. The Balaban J connectivity index is 2.44. The molecule has 1 aromatic rings.